The Hall–Kier alpha value is -0.840. The van der Waals surface area contributed by atoms with Crippen LogP contribution in [0.5, 0.6) is 0 Å². The number of hydrogen-bond donors (Lipinski definition) is 0. The summed E-state index contributed by atoms with van der Waals surface area (Å²) in [5.41, 5.74) is 0.524. The van der Waals surface area contributed by atoms with E-state index in [1.54, 1.807) is 4.68 Å². The second-order valence-electron chi connectivity index (χ2n) is 4.34. The molecule has 1 aromatic heterocycles. The zero-order valence-electron chi connectivity index (χ0n) is 9.61. The molecule has 1 aliphatic heterocycles. The Morgan fingerprint density at radius 3 is 2.88 bits per heavy atom. The van der Waals surface area contributed by atoms with E-state index in [0.717, 1.165) is 23.9 Å². The predicted octanol–water partition coefficient (Wildman–Crippen LogP) is 2.20. The molecule has 5 heteroatoms. The lowest BCUT2D eigenvalue weighted by atomic mass is 10.0. The van der Waals surface area contributed by atoms with Crippen molar-refractivity contribution >= 4 is 21.8 Å². The summed E-state index contributed by atoms with van der Waals surface area (Å²) in [6.45, 7) is 2.96. The maximum absolute atomic E-state index is 12.3. The first-order valence-corrected chi connectivity index (χ1v) is 6.39. The van der Waals surface area contributed by atoms with Crippen molar-refractivity contribution in [2.75, 3.05) is 6.54 Å². The van der Waals surface area contributed by atoms with Crippen molar-refractivity contribution in [3.8, 4) is 0 Å². The fourth-order valence-corrected chi connectivity index (χ4v) is 2.69. The molecule has 4 nitrogen and oxygen atoms in total. The number of amides is 1. The van der Waals surface area contributed by atoms with Crippen LogP contribution in [-0.2, 0) is 7.05 Å². The smallest absolute Gasteiger partial charge is 0.275 e. The molecular weight excluding hydrogens is 270 g/mol. The molecule has 0 saturated carbocycles. The normalized spacial score (nSPS) is 21.2. The Morgan fingerprint density at radius 1 is 1.56 bits per heavy atom. The molecule has 1 aromatic rings. The molecule has 0 N–H and O–H groups in total. The molecule has 0 spiro atoms. The number of carbonyl (C=O) groups is 1. The molecule has 1 atom stereocenters. The first-order chi connectivity index (χ1) is 7.59. The molecule has 1 saturated heterocycles. The van der Waals surface area contributed by atoms with Gasteiger partial charge in [-0.25, -0.2) is 0 Å². The molecule has 0 unspecified atom stereocenters. The maximum atomic E-state index is 12.3. The van der Waals surface area contributed by atoms with Gasteiger partial charge >= 0.3 is 0 Å². The van der Waals surface area contributed by atoms with Crippen LogP contribution in [0.25, 0.3) is 0 Å². The van der Waals surface area contributed by atoms with E-state index in [4.69, 9.17) is 0 Å². The largest absolute Gasteiger partial charge is 0.335 e. The highest BCUT2D eigenvalue weighted by Crippen LogP contribution is 2.22. The quantitative estimate of drug-likeness (QED) is 0.793. The maximum Gasteiger partial charge on any atom is 0.275 e. The number of nitrogens with zero attached hydrogens (tertiary/aromatic N) is 3. The Bertz CT molecular complexity index is 402. The number of piperidine rings is 1. The van der Waals surface area contributed by atoms with Crippen LogP contribution in [0.15, 0.2) is 10.7 Å². The van der Waals surface area contributed by atoms with E-state index in [0.29, 0.717) is 11.7 Å². The molecule has 0 aliphatic carbocycles. The van der Waals surface area contributed by atoms with Gasteiger partial charge in [0.2, 0.25) is 0 Å². The zero-order valence-corrected chi connectivity index (χ0v) is 11.2. The van der Waals surface area contributed by atoms with E-state index < -0.39 is 0 Å². The molecule has 1 aliphatic rings. The summed E-state index contributed by atoms with van der Waals surface area (Å²) in [6.07, 6.45) is 5.22. The third-order valence-electron chi connectivity index (χ3n) is 3.05. The fraction of sp³-hybridized carbons (Fsp3) is 0.636. The molecule has 1 fully saturated rings. The number of halogens is 1. The van der Waals surface area contributed by atoms with Crippen LogP contribution in [0.1, 0.15) is 36.7 Å². The number of aromatic nitrogens is 2. The highest BCUT2D eigenvalue weighted by molar-refractivity contribution is 9.10. The van der Waals surface area contributed by atoms with Crippen molar-refractivity contribution < 1.29 is 4.79 Å². The molecule has 1 amide bonds. The highest BCUT2D eigenvalue weighted by Gasteiger charge is 2.27. The van der Waals surface area contributed by atoms with Crippen LogP contribution in [0.4, 0.5) is 0 Å². The minimum Gasteiger partial charge on any atom is -0.335 e. The van der Waals surface area contributed by atoms with Crippen LogP contribution < -0.4 is 0 Å². The summed E-state index contributed by atoms with van der Waals surface area (Å²) in [5, 5.41) is 4.20. The molecule has 2 rings (SSSR count). The number of aryl methyl sites for hydroxylation is 1. The van der Waals surface area contributed by atoms with Gasteiger partial charge in [-0.2, -0.15) is 5.10 Å². The molecule has 0 bridgehead atoms. The van der Waals surface area contributed by atoms with E-state index in [2.05, 4.69) is 28.0 Å². The minimum absolute atomic E-state index is 0.0414. The van der Waals surface area contributed by atoms with Gasteiger partial charge < -0.3 is 4.90 Å². The number of rotatable bonds is 1. The molecule has 0 aromatic carbocycles. The predicted molar refractivity (Wildman–Crippen MR) is 65.3 cm³/mol. The summed E-state index contributed by atoms with van der Waals surface area (Å²) in [6, 6.07) is 0.329. The van der Waals surface area contributed by atoms with E-state index in [9.17, 15) is 4.79 Å². The Labute approximate surface area is 104 Å². The Kier molecular flexibility index (Phi) is 3.33. The van der Waals surface area contributed by atoms with Gasteiger partial charge in [0.05, 0.1) is 4.47 Å². The van der Waals surface area contributed by atoms with Gasteiger partial charge in [0.25, 0.3) is 5.91 Å². The van der Waals surface area contributed by atoms with Crippen LogP contribution in [-0.4, -0.2) is 33.2 Å². The number of carbonyl (C=O) groups excluding carboxylic acids is 1. The van der Waals surface area contributed by atoms with Crippen molar-refractivity contribution in [1.29, 1.82) is 0 Å². The highest BCUT2D eigenvalue weighted by atomic mass is 79.9. The zero-order chi connectivity index (χ0) is 11.7. The van der Waals surface area contributed by atoms with Crippen molar-refractivity contribution in [2.45, 2.75) is 32.2 Å². The average molecular weight is 286 g/mol. The van der Waals surface area contributed by atoms with Crippen molar-refractivity contribution in [3.63, 3.8) is 0 Å². The van der Waals surface area contributed by atoms with Crippen molar-refractivity contribution in [1.82, 2.24) is 14.7 Å². The van der Waals surface area contributed by atoms with Crippen LogP contribution in [0.3, 0.4) is 0 Å². The van der Waals surface area contributed by atoms with Crippen LogP contribution >= 0.6 is 15.9 Å². The SMILES string of the molecule is C[C@H]1CCCCN1C(=O)c1nn(C)cc1Br. The monoisotopic (exact) mass is 285 g/mol. The molecule has 2 heterocycles. The van der Waals surface area contributed by atoms with E-state index in [-0.39, 0.29) is 5.91 Å². The lowest BCUT2D eigenvalue weighted by Crippen LogP contribution is -2.42. The average Bonchev–Trinajstić information content (AvgIpc) is 2.58. The van der Waals surface area contributed by atoms with Gasteiger partial charge in [0.1, 0.15) is 0 Å². The summed E-state index contributed by atoms with van der Waals surface area (Å²) in [4.78, 5) is 14.2. The number of hydrogen-bond acceptors (Lipinski definition) is 2. The van der Waals surface area contributed by atoms with E-state index in [1.807, 2.05) is 18.1 Å². The lowest BCUT2D eigenvalue weighted by Gasteiger charge is -2.32. The summed E-state index contributed by atoms with van der Waals surface area (Å²) >= 11 is 3.37. The second kappa shape index (κ2) is 4.57. The van der Waals surface area contributed by atoms with Gasteiger partial charge in [0.15, 0.2) is 5.69 Å². The van der Waals surface area contributed by atoms with Gasteiger partial charge in [-0.1, -0.05) is 0 Å². The Morgan fingerprint density at radius 2 is 2.31 bits per heavy atom. The summed E-state index contributed by atoms with van der Waals surface area (Å²) < 4.78 is 2.43. The molecule has 0 radical (unpaired) electrons. The first-order valence-electron chi connectivity index (χ1n) is 5.59. The number of likely N-dealkylation sites (tertiary alicyclic amines) is 1. The van der Waals surface area contributed by atoms with E-state index >= 15 is 0 Å². The van der Waals surface area contributed by atoms with E-state index in [1.165, 1.54) is 6.42 Å². The van der Waals surface area contributed by atoms with Gasteiger partial charge in [-0.15, -0.1) is 0 Å². The first kappa shape index (κ1) is 11.6. The van der Waals surface area contributed by atoms with Crippen LogP contribution in [0, 0.1) is 0 Å². The van der Waals surface area contributed by atoms with Gasteiger partial charge in [0, 0.05) is 25.8 Å². The third-order valence-corrected chi connectivity index (χ3v) is 3.63. The third kappa shape index (κ3) is 2.14. The van der Waals surface area contributed by atoms with Crippen molar-refractivity contribution in [2.24, 2.45) is 7.05 Å². The molecule has 16 heavy (non-hydrogen) atoms. The second-order valence-corrected chi connectivity index (χ2v) is 5.20. The molecule has 88 valence electrons. The standard InChI is InChI=1S/C11H16BrN3O/c1-8-5-3-4-6-15(8)11(16)10-9(12)7-14(2)13-10/h7-8H,3-6H2,1-2H3/t8-/m0/s1. The molecular formula is C11H16BrN3O. The fourth-order valence-electron chi connectivity index (χ4n) is 2.14. The van der Waals surface area contributed by atoms with Gasteiger partial charge in [-0.05, 0) is 42.1 Å². The topological polar surface area (TPSA) is 38.1 Å². The van der Waals surface area contributed by atoms with Crippen LogP contribution in [0.2, 0.25) is 0 Å². The van der Waals surface area contributed by atoms with Gasteiger partial charge in [-0.3, -0.25) is 9.48 Å². The Balaban J connectivity index is 2.21. The lowest BCUT2D eigenvalue weighted by molar-refractivity contribution is 0.0628. The summed E-state index contributed by atoms with van der Waals surface area (Å²) in [5.74, 6) is 0.0414. The van der Waals surface area contributed by atoms with Crippen molar-refractivity contribution in [3.05, 3.63) is 16.4 Å². The minimum atomic E-state index is 0.0414. The summed E-state index contributed by atoms with van der Waals surface area (Å²) in [7, 11) is 1.82.